The van der Waals surface area contributed by atoms with Crippen molar-refractivity contribution in [2.75, 3.05) is 13.2 Å². The first kappa shape index (κ1) is 14.0. The van der Waals surface area contributed by atoms with Crippen molar-refractivity contribution >= 4 is 0 Å². The summed E-state index contributed by atoms with van der Waals surface area (Å²) in [7, 11) is 0. The van der Waals surface area contributed by atoms with Gasteiger partial charge in [0.25, 0.3) is 0 Å². The second-order valence-corrected chi connectivity index (χ2v) is 5.07. The lowest BCUT2D eigenvalue weighted by Crippen LogP contribution is -2.22. The van der Waals surface area contributed by atoms with E-state index >= 15 is 0 Å². The Bertz CT molecular complexity index is 447. The molecule has 0 saturated heterocycles. The van der Waals surface area contributed by atoms with E-state index in [1.54, 1.807) is 0 Å². The first-order valence-corrected chi connectivity index (χ1v) is 7.27. The third-order valence-corrected chi connectivity index (χ3v) is 3.57. The minimum atomic E-state index is 0.416. The molecule has 1 heterocycles. The van der Waals surface area contributed by atoms with Gasteiger partial charge in [0.2, 0.25) is 0 Å². The largest absolute Gasteiger partial charge is 0.493 e. The van der Waals surface area contributed by atoms with Crippen LogP contribution < -0.4 is 10.1 Å². The smallest absolute Gasteiger partial charge is 0.122 e. The molecule has 19 heavy (non-hydrogen) atoms. The summed E-state index contributed by atoms with van der Waals surface area (Å²) in [5.41, 5.74) is 2.72. The van der Waals surface area contributed by atoms with E-state index in [1.807, 2.05) is 0 Å². The highest BCUT2D eigenvalue weighted by atomic mass is 16.5. The number of terminal acetylenes is 1. The van der Waals surface area contributed by atoms with Gasteiger partial charge in [0.15, 0.2) is 0 Å². The SMILES string of the molecule is C#CCCCC(NCCC)c1ccc2c(c1)CCO2. The molecule has 1 aliphatic heterocycles. The summed E-state index contributed by atoms with van der Waals surface area (Å²) < 4.78 is 5.57. The van der Waals surface area contributed by atoms with Crippen LogP contribution in [0, 0.1) is 12.3 Å². The fraction of sp³-hybridized carbons (Fsp3) is 0.529. The summed E-state index contributed by atoms with van der Waals surface area (Å²) in [6, 6.07) is 7.01. The molecule has 0 aromatic heterocycles. The second kappa shape index (κ2) is 7.21. The van der Waals surface area contributed by atoms with Gasteiger partial charge >= 0.3 is 0 Å². The Hall–Kier alpha value is -1.46. The van der Waals surface area contributed by atoms with Crippen LogP contribution in [0.3, 0.4) is 0 Å². The predicted molar refractivity (Wildman–Crippen MR) is 79.4 cm³/mol. The summed E-state index contributed by atoms with van der Waals surface area (Å²) in [4.78, 5) is 0. The number of hydrogen-bond acceptors (Lipinski definition) is 2. The Morgan fingerprint density at radius 1 is 1.47 bits per heavy atom. The average molecular weight is 257 g/mol. The first-order chi connectivity index (χ1) is 9.35. The quantitative estimate of drug-likeness (QED) is 0.596. The van der Waals surface area contributed by atoms with Gasteiger partial charge in [0, 0.05) is 18.9 Å². The fourth-order valence-corrected chi connectivity index (χ4v) is 2.54. The molecular weight excluding hydrogens is 234 g/mol. The fourth-order valence-electron chi connectivity index (χ4n) is 2.54. The molecule has 0 aliphatic carbocycles. The van der Waals surface area contributed by atoms with Crippen molar-refractivity contribution in [3.8, 4) is 18.1 Å². The molecule has 1 atom stereocenters. The summed E-state index contributed by atoms with van der Waals surface area (Å²) in [6.07, 6.45) is 10.6. The molecule has 2 heteroatoms. The van der Waals surface area contributed by atoms with Gasteiger partial charge < -0.3 is 10.1 Å². The van der Waals surface area contributed by atoms with Crippen LogP contribution in [0.5, 0.6) is 5.75 Å². The van der Waals surface area contributed by atoms with Crippen LogP contribution in [0.2, 0.25) is 0 Å². The van der Waals surface area contributed by atoms with Gasteiger partial charge in [0.05, 0.1) is 6.61 Å². The topological polar surface area (TPSA) is 21.3 Å². The van der Waals surface area contributed by atoms with E-state index in [4.69, 9.17) is 11.2 Å². The van der Waals surface area contributed by atoms with Crippen molar-refractivity contribution in [3.05, 3.63) is 29.3 Å². The molecule has 2 rings (SSSR count). The van der Waals surface area contributed by atoms with Gasteiger partial charge in [-0.2, -0.15) is 0 Å². The van der Waals surface area contributed by atoms with Crippen LogP contribution in [0.15, 0.2) is 18.2 Å². The lowest BCUT2D eigenvalue weighted by Gasteiger charge is -2.19. The van der Waals surface area contributed by atoms with Gasteiger partial charge in [-0.1, -0.05) is 19.1 Å². The Labute approximate surface area is 116 Å². The van der Waals surface area contributed by atoms with Crippen LogP contribution in [-0.4, -0.2) is 13.2 Å². The van der Waals surface area contributed by atoms with E-state index < -0.39 is 0 Å². The number of rotatable bonds is 7. The van der Waals surface area contributed by atoms with Gasteiger partial charge in [-0.15, -0.1) is 12.3 Å². The normalized spacial score (nSPS) is 14.5. The molecule has 102 valence electrons. The third-order valence-electron chi connectivity index (χ3n) is 3.57. The average Bonchev–Trinajstić information content (AvgIpc) is 2.90. The highest BCUT2D eigenvalue weighted by Crippen LogP contribution is 2.29. The number of benzene rings is 1. The van der Waals surface area contributed by atoms with Crippen molar-refractivity contribution in [2.24, 2.45) is 0 Å². The zero-order chi connectivity index (χ0) is 13.5. The lowest BCUT2D eigenvalue weighted by atomic mass is 9.98. The second-order valence-electron chi connectivity index (χ2n) is 5.07. The highest BCUT2D eigenvalue weighted by Gasteiger charge is 2.16. The molecule has 0 bridgehead atoms. The van der Waals surface area contributed by atoms with Gasteiger partial charge in [-0.05, 0) is 43.0 Å². The van der Waals surface area contributed by atoms with E-state index in [0.29, 0.717) is 6.04 Å². The van der Waals surface area contributed by atoms with Crippen LogP contribution in [0.1, 0.15) is 49.8 Å². The molecule has 2 nitrogen and oxygen atoms in total. The summed E-state index contributed by atoms with van der Waals surface area (Å²) in [5.74, 6) is 3.78. The molecule has 1 N–H and O–H groups in total. The monoisotopic (exact) mass is 257 g/mol. The minimum Gasteiger partial charge on any atom is -0.493 e. The maximum atomic E-state index is 5.57. The van der Waals surface area contributed by atoms with Crippen molar-refractivity contribution in [2.45, 2.75) is 45.1 Å². The maximum absolute atomic E-state index is 5.57. The molecule has 1 aromatic carbocycles. The number of fused-ring (bicyclic) bond motifs is 1. The lowest BCUT2D eigenvalue weighted by molar-refractivity contribution is 0.356. The Kier molecular flexibility index (Phi) is 5.30. The molecule has 0 fully saturated rings. The molecule has 1 aromatic rings. The van der Waals surface area contributed by atoms with Crippen LogP contribution >= 0.6 is 0 Å². The van der Waals surface area contributed by atoms with Gasteiger partial charge in [0.1, 0.15) is 5.75 Å². The van der Waals surface area contributed by atoms with Gasteiger partial charge in [-0.25, -0.2) is 0 Å². The molecule has 0 amide bonds. The number of unbranched alkanes of at least 4 members (excludes halogenated alkanes) is 1. The van der Waals surface area contributed by atoms with Crippen LogP contribution in [0.25, 0.3) is 0 Å². The molecule has 0 spiro atoms. The van der Waals surface area contributed by atoms with E-state index in [9.17, 15) is 0 Å². The standard InChI is InChI=1S/C17H23NO/c1-3-5-6-7-16(18-11-4-2)14-8-9-17-15(13-14)10-12-19-17/h1,8-9,13,16,18H,4-7,10-12H2,2H3. The van der Waals surface area contributed by atoms with E-state index in [-0.39, 0.29) is 0 Å². The number of ether oxygens (including phenoxy) is 1. The summed E-state index contributed by atoms with van der Waals surface area (Å²) in [6.45, 7) is 4.07. The third kappa shape index (κ3) is 3.75. The number of nitrogens with one attached hydrogen (secondary N) is 1. The van der Waals surface area contributed by atoms with Gasteiger partial charge in [-0.3, -0.25) is 0 Å². The molecule has 0 radical (unpaired) electrons. The molecule has 0 saturated carbocycles. The van der Waals surface area contributed by atoms with E-state index in [1.165, 1.54) is 11.1 Å². The predicted octanol–water partition coefficient (Wildman–Crippen LogP) is 3.47. The highest BCUT2D eigenvalue weighted by molar-refractivity contribution is 5.40. The van der Waals surface area contributed by atoms with Crippen LogP contribution in [0.4, 0.5) is 0 Å². The first-order valence-electron chi connectivity index (χ1n) is 7.27. The maximum Gasteiger partial charge on any atom is 0.122 e. The van der Waals surface area contributed by atoms with E-state index in [2.05, 4.69) is 36.4 Å². The number of hydrogen-bond donors (Lipinski definition) is 1. The Morgan fingerprint density at radius 3 is 3.16 bits per heavy atom. The summed E-state index contributed by atoms with van der Waals surface area (Å²) in [5, 5.41) is 3.63. The molecular formula is C17H23NO. The zero-order valence-electron chi connectivity index (χ0n) is 11.7. The minimum absolute atomic E-state index is 0.416. The van der Waals surface area contributed by atoms with Crippen molar-refractivity contribution < 1.29 is 4.74 Å². The molecule has 1 unspecified atom stereocenters. The molecule has 1 aliphatic rings. The van der Waals surface area contributed by atoms with Crippen molar-refractivity contribution in [3.63, 3.8) is 0 Å². The van der Waals surface area contributed by atoms with Crippen molar-refractivity contribution in [1.29, 1.82) is 0 Å². The Balaban J connectivity index is 2.05. The zero-order valence-corrected chi connectivity index (χ0v) is 11.7. The van der Waals surface area contributed by atoms with E-state index in [0.717, 1.165) is 51.0 Å². The van der Waals surface area contributed by atoms with Crippen LogP contribution in [-0.2, 0) is 6.42 Å². The summed E-state index contributed by atoms with van der Waals surface area (Å²) >= 11 is 0. The van der Waals surface area contributed by atoms with Crippen molar-refractivity contribution in [1.82, 2.24) is 5.32 Å². The Morgan fingerprint density at radius 2 is 2.37 bits per heavy atom.